The third-order valence-corrected chi connectivity index (χ3v) is 5.20. The van der Waals surface area contributed by atoms with Gasteiger partial charge in [0.15, 0.2) is 0 Å². The van der Waals surface area contributed by atoms with Crippen LogP contribution in [-0.4, -0.2) is 37.4 Å². The fraction of sp³-hybridized carbons (Fsp3) is 0.0833. The molecule has 4 N–H and O–H groups in total. The van der Waals surface area contributed by atoms with E-state index >= 15 is 0 Å². The predicted octanol–water partition coefficient (Wildman–Crippen LogP) is 4.88. The lowest BCUT2D eigenvalue weighted by atomic mass is 10.1. The number of hydrogen-bond donors (Lipinski definition) is 4. The maximum absolute atomic E-state index is 14.7. The molecule has 36 heavy (non-hydrogen) atoms. The van der Waals surface area contributed by atoms with E-state index in [2.05, 4.69) is 37.6 Å². The summed E-state index contributed by atoms with van der Waals surface area (Å²) in [5.41, 5.74) is 1.82. The zero-order valence-electron chi connectivity index (χ0n) is 18.7. The summed E-state index contributed by atoms with van der Waals surface area (Å²) in [5.74, 6) is -1.30. The molecule has 9 nitrogen and oxygen atoms in total. The highest BCUT2D eigenvalue weighted by atomic mass is 35.5. The number of carbonyl (C=O) groups excluding carboxylic acids is 1. The van der Waals surface area contributed by atoms with Gasteiger partial charge in [-0.05, 0) is 42.0 Å². The minimum atomic E-state index is -0.604. The topological polar surface area (TPSA) is 117 Å². The second-order valence-corrected chi connectivity index (χ2v) is 7.85. The van der Waals surface area contributed by atoms with Crippen LogP contribution in [0.2, 0.25) is 5.02 Å². The van der Waals surface area contributed by atoms with Crippen molar-refractivity contribution in [1.82, 2.24) is 19.7 Å². The molecular weight excluding hydrogens is 492 g/mol. The van der Waals surface area contributed by atoms with Crippen molar-refractivity contribution >= 4 is 46.3 Å². The molecule has 0 spiro atoms. The zero-order chi connectivity index (χ0) is 25.7. The molecule has 0 unspecified atom stereocenters. The van der Waals surface area contributed by atoms with Crippen molar-refractivity contribution in [2.24, 2.45) is 0 Å². The van der Waals surface area contributed by atoms with Crippen LogP contribution in [0.25, 0.3) is 11.1 Å². The zero-order valence-corrected chi connectivity index (χ0v) is 19.4. The van der Waals surface area contributed by atoms with Crippen LogP contribution in [0.15, 0.2) is 67.6 Å². The van der Waals surface area contributed by atoms with Gasteiger partial charge in [-0.15, -0.1) is 0 Å². The van der Waals surface area contributed by atoms with Crippen molar-refractivity contribution in [3.8, 4) is 11.1 Å². The van der Waals surface area contributed by atoms with Crippen LogP contribution in [0.3, 0.4) is 0 Å². The Kier molecular flexibility index (Phi) is 7.52. The molecular formula is C24H20ClF2N7O2. The molecule has 0 saturated heterocycles. The SMILES string of the molecule is C=CC(=O)Nc1ccc(F)c(Nc2nc(Nc3cnn(CCO)c3)ncc2-c2ccc(F)c(Cl)c2)c1. The quantitative estimate of drug-likeness (QED) is 0.237. The number of benzene rings is 2. The van der Waals surface area contributed by atoms with E-state index in [1.54, 1.807) is 6.20 Å². The van der Waals surface area contributed by atoms with Gasteiger partial charge in [-0.3, -0.25) is 9.48 Å². The fourth-order valence-electron chi connectivity index (χ4n) is 3.21. The summed E-state index contributed by atoms with van der Waals surface area (Å²) in [6.45, 7) is 3.64. The monoisotopic (exact) mass is 511 g/mol. The van der Waals surface area contributed by atoms with Gasteiger partial charge in [-0.2, -0.15) is 10.1 Å². The minimum absolute atomic E-state index is 0.0201. The molecule has 0 fully saturated rings. The molecule has 0 atom stereocenters. The third kappa shape index (κ3) is 5.82. The van der Waals surface area contributed by atoms with Gasteiger partial charge >= 0.3 is 0 Å². The summed E-state index contributed by atoms with van der Waals surface area (Å²) in [6, 6.07) is 8.09. The number of amides is 1. The Balaban J connectivity index is 1.72. The Hall–Kier alpha value is -4.35. The fourth-order valence-corrected chi connectivity index (χ4v) is 3.39. The lowest BCUT2D eigenvalue weighted by Crippen LogP contribution is -2.08. The molecule has 4 aromatic rings. The number of carbonyl (C=O) groups is 1. The van der Waals surface area contributed by atoms with Crippen LogP contribution >= 0.6 is 11.6 Å². The minimum Gasteiger partial charge on any atom is -0.394 e. The number of halogens is 3. The predicted molar refractivity (Wildman–Crippen MR) is 134 cm³/mol. The number of rotatable bonds is 9. The molecule has 1 amide bonds. The summed E-state index contributed by atoms with van der Waals surface area (Å²) < 4.78 is 30.0. The smallest absolute Gasteiger partial charge is 0.247 e. The molecule has 0 aliphatic rings. The molecule has 4 rings (SSSR count). The summed E-state index contributed by atoms with van der Waals surface area (Å²) >= 11 is 5.97. The molecule has 2 aromatic heterocycles. The van der Waals surface area contributed by atoms with Crippen molar-refractivity contribution in [1.29, 1.82) is 0 Å². The average Bonchev–Trinajstić information content (AvgIpc) is 3.30. The van der Waals surface area contributed by atoms with Crippen molar-refractivity contribution in [2.45, 2.75) is 6.54 Å². The Bertz CT molecular complexity index is 1430. The van der Waals surface area contributed by atoms with Gasteiger partial charge in [0.1, 0.15) is 17.5 Å². The molecule has 0 aliphatic carbocycles. The van der Waals surface area contributed by atoms with E-state index in [9.17, 15) is 13.6 Å². The number of nitrogens with zero attached hydrogens (tertiary/aromatic N) is 4. The Morgan fingerprint density at radius 3 is 2.67 bits per heavy atom. The van der Waals surface area contributed by atoms with Gasteiger partial charge in [0.2, 0.25) is 11.9 Å². The first-order valence-electron chi connectivity index (χ1n) is 10.6. The maximum atomic E-state index is 14.7. The summed E-state index contributed by atoms with van der Waals surface area (Å²) in [5, 5.41) is 21.6. The molecule has 0 radical (unpaired) electrons. The first kappa shape index (κ1) is 24.8. The van der Waals surface area contributed by atoms with Crippen LogP contribution < -0.4 is 16.0 Å². The number of aromatic nitrogens is 4. The molecule has 2 aromatic carbocycles. The van der Waals surface area contributed by atoms with E-state index in [1.165, 1.54) is 53.5 Å². The van der Waals surface area contributed by atoms with Crippen molar-refractivity contribution < 1.29 is 18.7 Å². The van der Waals surface area contributed by atoms with Gasteiger partial charge in [-0.1, -0.05) is 24.2 Å². The first-order valence-corrected chi connectivity index (χ1v) is 11.0. The highest BCUT2D eigenvalue weighted by Gasteiger charge is 2.15. The van der Waals surface area contributed by atoms with Gasteiger partial charge in [0, 0.05) is 23.6 Å². The van der Waals surface area contributed by atoms with Gasteiger partial charge in [0.25, 0.3) is 0 Å². The maximum Gasteiger partial charge on any atom is 0.247 e. The van der Waals surface area contributed by atoms with E-state index in [0.717, 1.165) is 6.08 Å². The molecule has 0 saturated carbocycles. The van der Waals surface area contributed by atoms with E-state index in [1.807, 2.05) is 0 Å². The van der Waals surface area contributed by atoms with E-state index in [-0.39, 0.29) is 29.1 Å². The van der Waals surface area contributed by atoms with Crippen LogP contribution in [0, 0.1) is 11.6 Å². The second-order valence-electron chi connectivity index (χ2n) is 7.44. The highest BCUT2D eigenvalue weighted by Crippen LogP contribution is 2.33. The highest BCUT2D eigenvalue weighted by molar-refractivity contribution is 6.31. The number of aliphatic hydroxyl groups excluding tert-OH is 1. The van der Waals surface area contributed by atoms with Gasteiger partial charge < -0.3 is 21.1 Å². The molecule has 184 valence electrons. The van der Waals surface area contributed by atoms with Gasteiger partial charge in [0.05, 0.1) is 35.7 Å². The second kappa shape index (κ2) is 10.9. The molecule has 2 heterocycles. The first-order chi connectivity index (χ1) is 17.4. The Labute approximate surface area is 209 Å². The molecule has 0 aliphatic heterocycles. The van der Waals surface area contributed by atoms with Crippen LogP contribution in [0.1, 0.15) is 0 Å². The van der Waals surface area contributed by atoms with Crippen LogP contribution in [0.4, 0.5) is 37.6 Å². The lowest BCUT2D eigenvalue weighted by molar-refractivity contribution is -0.111. The third-order valence-electron chi connectivity index (χ3n) is 4.91. The molecule has 12 heteroatoms. The van der Waals surface area contributed by atoms with Gasteiger partial charge in [-0.25, -0.2) is 13.8 Å². The number of aliphatic hydroxyl groups is 1. The summed E-state index contributed by atoms with van der Waals surface area (Å²) in [7, 11) is 0. The number of nitrogens with one attached hydrogen (secondary N) is 3. The number of anilines is 5. The normalized spacial score (nSPS) is 10.7. The van der Waals surface area contributed by atoms with Crippen molar-refractivity contribution in [3.63, 3.8) is 0 Å². The van der Waals surface area contributed by atoms with Crippen molar-refractivity contribution in [3.05, 3.63) is 84.3 Å². The van der Waals surface area contributed by atoms with E-state index in [4.69, 9.17) is 16.7 Å². The average molecular weight is 512 g/mol. The summed E-state index contributed by atoms with van der Waals surface area (Å²) in [6.07, 6.45) is 5.76. The summed E-state index contributed by atoms with van der Waals surface area (Å²) in [4.78, 5) is 20.4. The van der Waals surface area contributed by atoms with E-state index < -0.39 is 17.5 Å². The van der Waals surface area contributed by atoms with E-state index in [0.29, 0.717) is 29.0 Å². The standard InChI is InChI=1S/C24H20ClF2N7O2/c1-2-22(36)30-15-4-6-20(27)21(10-15)32-23-17(14-3-5-19(26)18(25)9-14)12-28-24(33-23)31-16-11-29-34(13-16)7-8-35/h2-6,9-13,35H,1,7-8H2,(H,30,36)(H2,28,31,32,33). The number of hydrogen-bond acceptors (Lipinski definition) is 7. The molecule has 0 bridgehead atoms. The van der Waals surface area contributed by atoms with Crippen LogP contribution in [0.5, 0.6) is 0 Å². The largest absolute Gasteiger partial charge is 0.394 e. The van der Waals surface area contributed by atoms with Crippen LogP contribution in [-0.2, 0) is 11.3 Å². The lowest BCUT2D eigenvalue weighted by Gasteiger charge is -2.15. The Morgan fingerprint density at radius 2 is 1.92 bits per heavy atom. The Morgan fingerprint density at radius 1 is 1.11 bits per heavy atom. The van der Waals surface area contributed by atoms with Crippen molar-refractivity contribution in [2.75, 3.05) is 22.6 Å².